The molecular weight excluding hydrogens is 297 g/mol. The molecule has 0 saturated heterocycles. The van der Waals surface area contributed by atoms with E-state index in [0.717, 1.165) is 0 Å². The van der Waals surface area contributed by atoms with Crippen LogP contribution in [0.2, 0.25) is 0 Å². The van der Waals surface area contributed by atoms with Crippen molar-refractivity contribution in [2.75, 3.05) is 5.75 Å². The number of amides is 1. The van der Waals surface area contributed by atoms with Crippen LogP contribution in [0, 0.1) is 0 Å². The number of benzene rings is 1. The van der Waals surface area contributed by atoms with E-state index in [1.165, 1.54) is 41.5 Å². The van der Waals surface area contributed by atoms with Gasteiger partial charge >= 0.3 is 6.36 Å². The number of halogens is 3. The molecule has 0 saturated carbocycles. The van der Waals surface area contributed by atoms with Crippen LogP contribution in [0.1, 0.15) is 5.56 Å². The van der Waals surface area contributed by atoms with Crippen LogP contribution in [-0.2, 0) is 4.79 Å². The Kier molecular flexibility index (Phi) is 4.19. The minimum absolute atomic E-state index is 0.325. The first-order valence-electron chi connectivity index (χ1n) is 5.40. The summed E-state index contributed by atoms with van der Waals surface area (Å²) in [7, 11) is 0. The fourth-order valence-electron chi connectivity index (χ4n) is 1.54. The van der Waals surface area contributed by atoms with E-state index < -0.39 is 18.3 Å². The highest BCUT2D eigenvalue weighted by Crippen LogP contribution is 2.27. The van der Waals surface area contributed by atoms with Gasteiger partial charge in [-0.05, 0) is 24.3 Å². The molecule has 2 rings (SSSR count). The fraction of sp³-hybridized carbons (Fsp3) is 0.273. The SMILES string of the molecule is O=C(NO)C1CSC(c2ccc(OC(F)(F)F)cc2)=N1. The second-order valence-electron chi connectivity index (χ2n) is 3.81. The number of nitrogens with zero attached hydrogens (tertiary/aromatic N) is 1. The van der Waals surface area contributed by atoms with Crippen LogP contribution >= 0.6 is 11.8 Å². The number of aliphatic imine (C=N–C) groups is 1. The first-order chi connectivity index (χ1) is 9.39. The molecule has 1 aliphatic rings. The molecule has 1 heterocycles. The lowest BCUT2D eigenvalue weighted by Crippen LogP contribution is -2.31. The summed E-state index contributed by atoms with van der Waals surface area (Å²) < 4.78 is 39.8. The van der Waals surface area contributed by atoms with Crippen molar-refractivity contribution in [2.45, 2.75) is 12.4 Å². The lowest BCUT2D eigenvalue weighted by Gasteiger charge is -2.09. The Morgan fingerprint density at radius 3 is 2.60 bits per heavy atom. The summed E-state index contributed by atoms with van der Waals surface area (Å²) >= 11 is 1.28. The number of ether oxygens (including phenoxy) is 1. The van der Waals surface area contributed by atoms with Gasteiger partial charge < -0.3 is 4.74 Å². The van der Waals surface area contributed by atoms with Gasteiger partial charge in [0, 0.05) is 11.3 Å². The van der Waals surface area contributed by atoms with Gasteiger partial charge in [0.15, 0.2) is 0 Å². The van der Waals surface area contributed by atoms with Crippen molar-refractivity contribution in [3.63, 3.8) is 0 Å². The van der Waals surface area contributed by atoms with Gasteiger partial charge in [0.25, 0.3) is 5.91 Å². The standard InChI is InChI=1S/C11H9F3N2O3S/c12-11(13,14)19-7-3-1-6(2-4-7)10-15-8(5-20-10)9(17)16-18/h1-4,8,18H,5H2,(H,16,17). The minimum Gasteiger partial charge on any atom is -0.406 e. The number of alkyl halides is 3. The third-order valence-electron chi connectivity index (χ3n) is 2.40. The first kappa shape index (κ1) is 14.7. The molecule has 5 nitrogen and oxygen atoms in total. The van der Waals surface area contributed by atoms with Crippen LogP contribution in [-0.4, -0.2) is 34.3 Å². The number of carbonyl (C=O) groups excluding carboxylic acids is 1. The third kappa shape index (κ3) is 3.64. The summed E-state index contributed by atoms with van der Waals surface area (Å²) in [5.41, 5.74) is 2.09. The van der Waals surface area contributed by atoms with Gasteiger partial charge in [-0.25, -0.2) is 5.48 Å². The van der Waals surface area contributed by atoms with Crippen LogP contribution in [0.4, 0.5) is 13.2 Å². The minimum atomic E-state index is -4.73. The summed E-state index contributed by atoms with van der Waals surface area (Å²) in [4.78, 5) is 15.3. The average Bonchev–Trinajstić information content (AvgIpc) is 2.86. The fourth-order valence-corrected chi connectivity index (χ4v) is 2.59. The highest BCUT2D eigenvalue weighted by Gasteiger charge is 2.31. The van der Waals surface area contributed by atoms with Gasteiger partial charge in [0.2, 0.25) is 0 Å². The molecule has 0 aromatic heterocycles. The molecule has 20 heavy (non-hydrogen) atoms. The Labute approximate surface area is 115 Å². The normalized spacial score (nSPS) is 18.6. The maximum absolute atomic E-state index is 12.0. The summed E-state index contributed by atoms with van der Waals surface area (Å²) in [5, 5.41) is 9.02. The largest absolute Gasteiger partial charge is 0.573 e. The first-order valence-corrected chi connectivity index (χ1v) is 6.38. The topological polar surface area (TPSA) is 70.9 Å². The smallest absolute Gasteiger partial charge is 0.406 e. The van der Waals surface area contributed by atoms with Crippen molar-refractivity contribution in [3.05, 3.63) is 29.8 Å². The lowest BCUT2D eigenvalue weighted by atomic mass is 10.2. The number of hydroxylamine groups is 1. The predicted molar refractivity (Wildman–Crippen MR) is 65.8 cm³/mol. The van der Waals surface area contributed by atoms with Gasteiger partial charge in [-0.1, -0.05) is 0 Å². The third-order valence-corrected chi connectivity index (χ3v) is 3.50. The van der Waals surface area contributed by atoms with Crippen LogP contribution in [0.15, 0.2) is 29.3 Å². The Morgan fingerprint density at radius 2 is 2.05 bits per heavy atom. The molecule has 9 heteroatoms. The Bertz CT molecular complexity index is 531. The number of hydrogen-bond acceptors (Lipinski definition) is 5. The van der Waals surface area contributed by atoms with Gasteiger partial charge in [0.05, 0.1) is 5.04 Å². The van der Waals surface area contributed by atoms with Gasteiger partial charge in [-0.2, -0.15) is 0 Å². The molecule has 0 fully saturated rings. The van der Waals surface area contributed by atoms with Gasteiger partial charge in [0.1, 0.15) is 11.8 Å². The monoisotopic (exact) mass is 306 g/mol. The average molecular weight is 306 g/mol. The van der Waals surface area contributed by atoms with E-state index in [4.69, 9.17) is 5.21 Å². The predicted octanol–water partition coefficient (Wildman–Crippen LogP) is 1.95. The number of hydrogen-bond donors (Lipinski definition) is 2. The molecule has 0 bridgehead atoms. The summed E-state index contributed by atoms with van der Waals surface area (Å²) in [6.07, 6.45) is -4.73. The lowest BCUT2D eigenvalue weighted by molar-refractivity contribution is -0.274. The molecule has 1 aromatic carbocycles. The van der Waals surface area contributed by atoms with Crippen molar-refractivity contribution in [2.24, 2.45) is 4.99 Å². The molecule has 0 radical (unpaired) electrons. The molecule has 0 aliphatic carbocycles. The summed E-state index contributed by atoms with van der Waals surface area (Å²) in [6.45, 7) is 0. The molecule has 1 unspecified atom stereocenters. The van der Waals surface area contributed by atoms with Crippen LogP contribution in [0.25, 0.3) is 0 Å². The van der Waals surface area contributed by atoms with E-state index in [1.807, 2.05) is 0 Å². The maximum Gasteiger partial charge on any atom is 0.573 e. The number of thioether (sulfide) groups is 1. The quantitative estimate of drug-likeness (QED) is 0.661. The number of carbonyl (C=O) groups is 1. The van der Waals surface area contributed by atoms with Crippen LogP contribution in [0.5, 0.6) is 5.75 Å². The van der Waals surface area contributed by atoms with Gasteiger partial charge in [-0.3, -0.25) is 15.0 Å². The number of rotatable bonds is 3. The van der Waals surface area contributed by atoms with Crippen molar-refractivity contribution in [3.8, 4) is 5.75 Å². The zero-order chi connectivity index (χ0) is 14.8. The van der Waals surface area contributed by atoms with E-state index in [1.54, 1.807) is 0 Å². The van der Waals surface area contributed by atoms with Crippen molar-refractivity contribution in [1.29, 1.82) is 0 Å². The Balaban J connectivity index is 2.09. The highest BCUT2D eigenvalue weighted by atomic mass is 32.2. The molecule has 2 N–H and O–H groups in total. The molecule has 1 aliphatic heterocycles. The van der Waals surface area contributed by atoms with Crippen LogP contribution < -0.4 is 10.2 Å². The molecule has 1 aromatic rings. The zero-order valence-corrected chi connectivity index (χ0v) is 10.7. The van der Waals surface area contributed by atoms with Crippen molar-refractivity contribution in [1.82, 2.24) is 5.48 Å². The zero-order valence-electron chi connectivity index (χ0n) is 9.85. The number of nitrogens with one attached hydrogen (secondary N) is 1. The molecular formula is C11H9F3N2O3S. The second kappa shape index (κ2) is 5.71. The highest BCUT2D eigenvalue weighted by molar-refractivity contribution is 8.14. The summed E-state index contributed by atoms with van der Waals surface area (Å²) in [6, 6.07) is 4.49. The summed E-state index contributed by atoms with van der Waals surface area (Å²) in [5.74, 6) is -0.582. The van der Waals surface area contributed by atoms with E-state index in [2.05, 4.69) is 9.73 Å². The van der Waals surface area contributed by atoms with Crippen LogP contribution in [0.3, 0.4) is 0 Å². The van der Waals surface area contributed by atoms with Crippen molar-refractivity contribution >= 4 is 22.7 Å². The molecule has 1 atom stereocenters. The van der Waals surface area contributed by atoms with Gasteiger partial charge in [-0.15, -0.1) is 24.9 Å². The van der Waals surface area contributed by atoms with E-state index in [-0.39, 0.29) is 5.75 Å². The van der Waals surface area contributed by atoms with E-state index in [9.17, 15) is 18.0 Å². The Morgan fingerprint density at radius 1 is 1.40 bits per heavy atom. The second-order valence-corrected chi connectivity index (χ2v) is 4.82. The molecule has 0 spiro atoms. The molecule has 1 amide bonds. The van der Waals surface area contributed by atoms with E-state index in [0.29, 0.717) is 16.4 Å². The Hall–Kier alpha value is -1.74. The van der Waals surface area contributed by atoms with Crippen molar-refractivity contribution < 1.29 is 27.9 Å². The van der Waals surface area contributed by atoms with E-state index >= 15 is 0 Å². The molecule has 108 valence electrons. The maximum atomic E-state index is 12.0.